The van der Waals surface area contributed by atoms with Crippen molar-refractivity contribution < 1.29 is 4.74 Å². The second-order valence-corrected chi connectivity index (χ2v) is 5.50. The molecule has 1 saturated carbocycles. The summed E-state index contributed by atoms with van der Waals surface area (Å²) < 4.78 is 7.56. The van der Waals surface area contributed by atoms with Crippen LogP contribution in [0.25, 0.3) is 0 Å². The SMILES string of the molecule is CC(C1CCOCC1)n1c(Cl)nnc1C1CC1. The van der Waals surface area contributed by atoms with Crippen molar-refractivity contribution in [1.82, 2.24) is 14.8 Å². The molecule has 2 aliphatic rings. The fourth-order valence-corrected chi connectivity index (χ4v) is 2.97. The highest BCUT2D eigenvalue weighted by Gasteiger charge is 2.33. The van der Waals surface area contributed by atoms with E-state index < -0.39 is 0 Å². The summed E-state index contributed by atoms with van der Waals surface area (Å²) in [5.74, 6) is 2.32. The highest BCUT2D eigenvalue weighted by molar-refractivity contribution is 6.28. The van der Waals surface area contributed by atoms with Crippen LogP contribution in [0.5, 0.6) is 0 Å². The van der Waals surface area contributed by atoms with Crippen LogP contribution in [0.3, 0.4) is 0 Å². The van der Waals surface area contributed by atoms with Crippen LogP contribution < -0.4 is 0 Å². The Kier molecular flexibility index (Phi) is 3.09. The lowest BCUT2D eigenvalue weighted by Crippen LogP contribution is -2.25. The molecule has 17 heavy (non-hydrogen) atoms. The molecule has 4 nitrogen and oxygen atoms in total. The van der Waals surface area contributed by atoms with Crippen LogP contribution >= 0.6 is 11.6 Å². The molecule has 0 aromatic carbocycles. The average Bonchev–Trinajstić information content (AvgIpc) is 3.13. The summed E-state index contributed by atoms with van der Waals surface area (Å²) in [6.45, 7) is 3.97. The topological polar surface area (TPSA) is 39.9 Å². The van der Waals surface area contributed by atoms with Gasteiger partial charge in [0, 0.05) is 25.2 Å². The van der Waals surface area contributed by atoms with E-state index in [9.17, 15) is 0 Å². The van der Waals surface area contributed by atoms with Gasteiger partial charge in [0.05, 0.1) is 0 Å². The Morgan fingerprint density at radius 1 is 1.24 bits per heavy atom. The minimum absolute atomic E-state index is 0.386. The fourth-order valence-electron chi connectivity index (χ4n) is 2.69. The summed E-state index contributed by atoms with van der Waals surface area (Å²) in [5, 5.41) is 8.83. The lowest BCUT2D eigenvalue weighted by molar-refractivity contribution is 0.0509. The molecule has 1 saturated heterocycles. The van der Waals surface area contributed by atoms with Gasteiger partial charge in [-0.1, -0.05) is 0 Å². The Labute approximate surface area is 106 Å². The molecular formula is C12H18ClN3O. The minimum atomic E-state index is 0.386. The molecule has 1 atom stereocenters. The maximum atomic E-state index is 6.19. The van der Waals surface area contributed by atoms with Crippen LogP contribution in [0.4, 0.5) is 0 Å². The number of ether oxygens (including phenoxy) is 1. The second kappa shape index (κ2) is 4.58. The lowest BCUT2D eigenvalue weighted by atomic mass is 9.92. The summed E-state index contributed by atoms with van der Waals surface area (Å²) in [7, 11) is 0. The normalized spacial score (nSPS) is 23.9. The van der Waals surface area contributed by atoms with Gasteiger partial charge in [-0.2, -0.15) is 0 Å². The summed E-state index contributed by atoms with van der Waals surface area (Å²) in [6, 6.07) is 0.386. The molecule has 2 fully saturated rings. The van der Waals surface area contributed by atoms with Crippen molar-refractivity contribution in [3.8, 4) is 0 Å². The van der Waals surface area contributed by atoms with Crippen LogP contribution in [0.15, 0.2) is 0 Å². The summed E-state index contributed by atoms with van der Waals surface area (Å²) in [4.78, 5) is 0. The van der Waals surface area contributed by atoms with Gasteiger partial charge < -0.3 is 4.74 Å². The molecule has 3 rings (SSSR count). The second-order valence-electron chi connectivity index (χ2n) is 5.16. The summed E-state index contributed by atoms with van der Waals surface area (Å²) in [5.41, 5.74) is 0. The Hall–Kier alpha value is -0.610. The lowest BCUT2D eigenvalue weighted by Gasteiger charge is -2.29. The van der Waals surface area contributed by atoms with Gasteiger partial charge in [-0.15, -0.1) is 10.2 Å². The summed E-state index contributed by atoms with van der Waals surface area (Å²) in [6.07, 6.45) is 4.69. The zero-order chi connectivity index (χ0) is 11.8. The summed E-state index contributed by atoms with van der Waals surface area (Å²) >= 11 is 6.19. The van der Waals surface area contributed by atoms with Crippen LogP contribution in [-0.4, -0.2) is 28.0 Å². The number of rotatable bonds is 3. The highest BCUT2D eigenvalue weighted by atomic mass is 35.5. The van der Waals surface area contributed by atoms with Gasteiger partial charge in [0.2, 0.25) is 5.28 Å². The van der Waals surface area contributed by atoms with Crippen LogP contribution in [0.1, 0.15) is 50.4 Å². The molecule has 0 radical (unpaired) electrons. The first-order valence-corrected chi connectivity index (χ1v) is 6.83. The van der Waals surface area contributed by atoms with Crippen molar-refractivity contribution in [3.05, 3.63) is 11.1 Å². The first-order valence-electron chi connectivity index (χ1n) is 6.45. The van der Waals surface area contributed by atoms with E-state index >= 15 is 0 Å². The molecule has 0 spiro atoms. The largest absolute Gasteiger partial charge is 0.381 e. The zero-order valence-electron chi connectivity index (χ0n) is 10.1. The Bertz CT molecular complexity index is 396. The average molecular weight is 256 g/mol. The van der Waals surface area contributed by atoms with E-state index in [1.807, 2.05) is 0 Å². The first kappa shape index (κ1) is 11.5. The molecule has 94 valence electrons. The van der Waals surface area contributed by atoms with E-state index in [1.54, 1.807) is 0 Å². The Morgan fingerprint density at radius 3 is 2.59 bits per heavy atom. The van der Waals surface area contributed by atoms with Crippen molar-refractivity contribution >= 4 is 11.6 Å². The number of hydrogen-bond acceptors (Lipinski definition) is 3. The maximum Gasteiger partial charge on any atom is 0.225 e. The van der Waals surface area contributed by atoms with E-state index in [-0.39, 0.29) is 0 Å². The van der Waals surface area contributed by atoms with E-state index in [1.165, 1.54) is 12.8 Å². The standard InChI is InChI=1S/C12H18ClN3O/c1-8(9-4-6-17-7-5-9)16-11(10-2-3-10)14-15-12(16)13/h8-10H,2-7H2,1H3. The molecule has 2 heterocycles. The zero-order valence-corrected chi connectivity index (χ0v) is 10.9. The first-order chi connectivity index (χ1) is 8.27. The van der Waals surface area contributed by atoms with Crippen LogP contribution in [-0.2, 0) is 4.74 Å². The van der Waals surface area contributed by atoms with Gasteiger partial charge >= 0.3 is 0 Å². The molecule has 1 aliphatic heterocycles. The third-order valence-electron chi connectivity index (χ3n) is 3.98. The van der Waals surface area contributed by atoms with E-state index in [4.69, 9.17) is 16.3 Å². The van der Waals surface area contributed by atoms with Gasteiger partial charge in [0.15, 0.2) is 0 Å². The molecule has 1 unspecified atom stereocenters. The van der Waals surface area contributed by atoms with Crippen molar-refractivity contribution in [2.75, 3.05) is 13.2 Å². The van der Waals surface area contributed by atoms with E-state index in [0.717, 1.165) is 31.9 Å². The molecule has 1 aromatic heterocycles. The molecular weight excluding hydrogens is 238 g/mol. The Morgan fingerprint density at radius 2 is 1.94 bits per heavy atom. The minimum Gasteiger partial charge on any atom is -0.381 e. The third kappa shape index (κ3) is 2.20. The third-order valence-corrected chi connectivity index (χ3v) is 4.24. The predicted octanol–water partition coefficient (Wildman–Crippen LogP) is 2.80. The molecule has 1 aromatic rings. The van der Waals surface area contributed by atoms with Crippen molar-refractivity contribution in [3.63, 3.8) is 0 Å². The molecule has 0 N–H and O–H groups in total. The van der Waals surface area contributed by atoms with Crippen molar-refractivity contribution in [2.45, 2.75) is 44.6 Å². The van der Waals surface area contributed by atoms with Crippen LogP contribution in [0, 0.1) is 5.92 Å². The molecule has 5 heteroatoms. The fraction of sp³-hybridized carbons (Fsp3) is 0.833. The quantitative estimate of drug-likeness (QED) is 0.834. The molecule has 0 amide bonds. The van der Waals surface area contributed by atoms with E-state index in [0.29, 0.717) is 23.2 Å². The number of nitrogens with zero attached hydrogens (tertiary/aromatic N) is 3. The van der Waals surface area contributed by atoms with Gasteiger partial charge in [-0.25, -0.2) is 0 Å². The van der Waals surface area contributed by atoms with Crippen molar-refractivity contribution in [1.29, 1.82) is 0 Å². The monoisotopic (exact) mass is 255 g/mol. The number of halogens is 1. The van der Waals surface area contributed by atoms with Gasteiger partial charge in [-0.05, 0) is 50.1 Å². The van der Waals surface area contributed by atoms with E-state index in [2.05, 4.69) is 21.7 Å². The maximum absolute atomic E-state index is 6.19. The van der Waals surface area contributed by atoms with Gasteiger partial charge in [-0.3, -0.25) is 4.57 Å². The van der Waals surface area contributed by atoms with Crippen LogP contribution in [0.2, 0.25) is 5.28 Å². The number of hydrogen-bond donors (Lipinski definition) is 0. The van der Waals surface area contributed by atoms with Crippen molar-refractivity contribution in [2.24, 2.45) is 5.92 Å². The number of aromatic nitrogens is 3. The van der Waals surface area contributed by atoms with Gasteiger partial charge in [0.25, 0.3) is 0 Å². The Balaban J connectivity index is 1.83. The molecule has 1 aliphatic carbocycles. The molecule has 0 bridgehead atoms. The smallest absolute Gasteiger partial charge is 0.225 e. The highest BCUT2D eigenvalue weighted by Crippen LogP contribution is 2.42. The predicted molar refractivity (Wildman–Crippen MR) is 65.3 cm³/mol. The van der Waals surface area contributed by atoms with Gasteiger partial charge in [0.1, 0.15) is 5.82 Å².